The molecule has 3 aliphatic rings. The smallest absolute Gasteiger partial charge is 0.220 e. The number of hydrogen-bond donors (Lipinski definition) is 12. The Labute approximate surface area is 440 Å². The molecule has 12 N–H and O–H groups in total. The van der Waals surface area contributed by atoms with Crippen LogP contribution in [0.3, 0.4) is 0 Å². The number of amides is 1. The van der Waals surface area contributed by atoms with Crippen LogP contribution in [-0.2, 0) is 33.2 Å². The molecule has 19 nitrogen and oxygen atoms in total. The minimum Gasteiger partial charge on any atom is -0.394 e. The molecule has 3 rings (SSSR count). The van der Waals surface area contributed by atoms with Crippen LogP contribution >= 0.6 is 0 Å². The van der Waals surface area contributed by atoms with Gasteiger partial charge in [-0.15, -0.1) is 0 Å². The molecule has 0 saturated carbocycles. The number of aliphatic hydroxyl groups is 11. The summed E-state index contributed by atoms with van der Waals surface area (Å²) >= 11 is 0. The highest BCUT2D eigenvalue weighted by molar-refractivity contribution is 5.76. The summed E-state index contributed by atoms with van der Waals surface area (Å²) in [6.45, 7) is 1.55. The molecule has 3 heterocycles. The molecule has 3 fully saturated rings. The van der Waals surface area contributed by atoms with Crippen molar-refractivity contribution in [2.75, 3.05) is 26.4 Å². The monoisotopic (exact) mass is 1060 g/mol. The number of rotatable bonds is 39. The van der Waals surface area contributed by atoms with Crippen molar-refractivity contribution in [1.82, 2.24) is 5.32 Å². The van der Waals surface area contributed by atoms with E-state index in [-0.39, 0.29) is 18.9 Å². The van der Waals surface area contributed by atoms with E-state index in [1.807, 2.05) is 6.08 Å². The Kier molecular flexibility index (Phi) is 34.9. The van der Waals surface area contributed by atoms with E-state index in [0.717, 1.165) is 64.2 Å². The first-order valence-corrected chi connectivity index (χ1v) is 27.9. The molecule has 0 aliphatic carbocycles. The van der Waals surface area contributed by atoms with Gasteiger partial charge in [0.25, 0.3) is 0 Å². The number of unbranched alkanes of at least 4 members (excludes halogenated alkanes) is 17. The SMILES string of the molecule is CC/C=C\C/C=C\C/C=C\CCCCCC(=O)NC(COC1OC(CO)C(OC2OC(CO)C(OC3OC(CO)C(O)C(O)C3O)C(O)C2O)C(O)C1O)C(O)/C=C/CCCCCCCCCCCCCCCC. The van der Waals surface area contributed by atoms with E-state index in [1.165, 1.54) is 70.6 Å². The lowest BCUT2D eigenvalue weighted by molar-refractivity contribution is -0.379. The molecule has 0 bridgehead atoms. The molecule has 17 atom stereocenters. The summed E-state index contributed by atoms with van der Waals surface area (Å²) in [6, 6.07) is -0.987. The Bertz CT molecular complexity index is 1550. The summed E-state index contributed by atoms with van der Waals surface area (Å²) in [5.41, 5.74) is 0. The van der Waals surface area contributed by atoms with Gasteiger partial charge in [-0.25, -0.2) is 0 Å². The van der Waals surface area contributed by atoms with E-state index in [2.05, 4.69) is 55.6 Å². The Balaban J connectivity index is 1.55. The lowest BCUT2D eigenvalue weighted by atomic mass is 9.96. The Hall–Kier alpha value is -2.25. The average Bonchev–Trinajstić information content (AvgIpc) is 3.40. The summed E-state index contributed by atoms with van der Waals surface area (Å²) in [4.78, 5) is 13.2. The Morgan fingerprint density at radius 2 is 0.932 bits per heavy atom. The topological polar surface area (TPSA) is 307 Å². The molecule has 17 unspecified atom stereocenters. The van der Waals surface area contributed by atoms with Crippen molar-refractivity contribution < 1.29 is 89.4 Å². The molecule has 74 heavy (non-hydrogen) atoms. The van der Waals surface area contributed by atoms with Crippen molar-refractivity contribution in [3.63, 3.8) is 0 Å². The number of carbonyl (C=O) groups excluding carboxylic acids is 1. The summed E-state index contributed by atoms with van der Waals surface area (Å²) in [7, 11) is 0. The summed E-state index contributed by atoms with van der Waals surface area (Å²) in [5, 5.41) is 120. The normalized spacial score (nSPS) is 31.8. The first-order chi connectivity index (χ1) is 35.8. The first-order valence-electron chi connectivity index (χ1n) is 27.9. The zero-order valence-corrected chi connectivity index (χ0v) is 44.3. The fourth-order valence-corrected chi connectivity index (χ4v) is 9.26. The van der Waals surface area contributed by atoms with Crippen LogP contribution in [0.15, 0.2) is 48.6 Å². The van der Waals surface area contributed by atoms with Crippen molar-refractivity contribution in [2.45, 2.75) is 266 Å². The molecule has 0 aromatic rings. The quantitative estimate of drug-likeness (QED) is 0.0310. The van der Waals surface area contributed by atoms with Crippen molar-refractivity contribution in [3.8, 4) is 0 Å². The molecule has 0 radical (unpaired) electrons. The third kappa shape index (κ3) is 23.8. The third-order valence-electron chi connectivity index (χ3n) is 13.9. The number of nitrogens with one attached hydrogen (secondary N) is 1. The van der Waals surface area contributed by atoms with E-state index in [0.29, 0.717) is 6.42 Å². The van der Waals surface area contributed by atoms with Gasteiger partial charge >= 0.3 is 0 Å². The van der Waals surface area contributed by atoms with Crippen molar-refractivity contribution >= 4 is 5.91 Å². The zero-order chi connectivity index (χ0) is 54.1. The van der Waals surface area contributed by atoms with E-state index >= 15 is 0 Å². The lowest BCUT2D eigenvalue weighted by Gasteiger charge is -2.48. The van der Waals surface area contributed by atoms with Gasteiger partial charge in [0.05, 0.1) is 38.6 Å². The maximum absolute atomic E-state index is 13.2. The fourth-order valence-electron chi connectivity index (χ4n) is 9.26. The van der Waals surface area contributed by atoms with Gasteiger partial charge in [-0.1, -0.05) is 152 Å². The zero-order valence-electron chi connectivity index (χ0n) is 44.3. The summed E-state index contributed by atoms with van der Waals surface area (Å²) in [6.07, 6.45) is 13.9. The molecule has 0 aromatic heterocycles. The molecule has 3 saturated heterocycles. The van der Waals surface area contributed by atoms with Crippen LogP contribution in [-0.4, -0.2) is 193 Å². The molecule has 1 amide bonds. The number of carbonyl (C=O) groups is 1. The van der Waals surface area contributed by atoms with Crippen LogP contribution in [0.25, 0.3) is 0 Å². The predicted molar refractivity (Wildman–Crippen MR) is 277 cm³/mol. The van der Waals surface area contributed by atoms with Gasteiger partial charge < -0.3 is 89.9 Å². The van der Waals surface area contributed by atoms with Crippen LogP contribution in [0.1, 0.15) is 162 Å². The van der Waals surface area contributed by atoms with Gasteiger partial charge in [-0.3, -0.25) is 4.79 Å². The maximum atomic E-state index is 13.2. The first kappa shape index (κ1) is 66.0. The highest BCUT2D eigenvalue weighted by Gasteiger charge is 2.53. The Morgan fingerprint density at radius 3 is 1.46 bits per heavy atom. The second kappa shape index (κ2) is 39.2. The number of aliphatic hydroxyl groups excluding tert-OH is 11. The third-order valence-corrected chi connectivity index (χ3v) is 13.9. The van der Waals surface area contributed by atoms with Gasteiger partial charge in [-0.05, 0) is 51.4 Å². The molecular formula is C55H97NO18. The van der Waals surface area contributed by atoms with E-state index in [4.69, 9.17) is 28.4 Å². The minimum atomic E-state index is -1.98. The summed E-state index contributed by atoms with van der Waals surface area (Å²) in [5.74, 6) is -0.307. The molecule has 3 aliphatic heterocycles. The van der Waals surface area contributed by atoms with Gasteiger partial charge in [0, 0.05) is 6.42 Å². The lowest BCUT2D eigenvalue weighted by Crippen LogP contribution is -2.66. The van der Waals surface area contributed by atoms with Gasteiger partial charge in [0.15, 0.2) is 18.9 Å². The van der Waals surface area contributed by atoms with Gasteiger partial charge in [-0.2, -0.15) is 0 Å². The van der Waals surface area contributed by atoms with E-state index < -0.39 is 124 Å². The largest absolute Gasteiger partial charge is 0.394 e. The minimum absolute atomic E-state index is 0.206. The second-order valence-corrected chi connectivity index (χ2v) is 20.0. The van der Waals surface area contributed by atoms with Crippen molar-refractivity contribution in [3.05, 3.63) is 48.6 Å². The molecule has 0 aromatic carbocycles. The van der Waals surface area contributed by atoms with Crippen LogP contribution in [0.5, 0.6) is 0 Å². The number of hydrogen-bond acceptors (Lipinski definition) is 18. The highest BCUT2D eigenvalue weighted by atomic mass is 16.8. The molecular weight excluding hydrogens is 963 g/mol. The van der Waals surface area contributed by atoms with Crippen LogP contribution in [0, 0.1) is 0 Å². The van der Waals surface area contributed by atoms with Gasteiger partial charge in [0.2, 0.25) is 5.91 Å². The second-order valence-electron chi connectivity index (χ2n) is 20.0. The molecule has 430 valence electrons. The molecule has 0 spiro atoms. The standard InChI is InChI=1S/C55H97NO18/c1-3-5-7-9-11-13-15-17-18-19-21-22-24-26-28-30-32-39(60)38(56-43(61)33-31-29-27-25-23-20-16-14-12-10-8-6-4-2)37-69-53-49(67)46(64)51(41(35-58)71-53)74-55-50(68)47(65)52(42(36-59)72-55)73-54-48(66)45(63)44(62)40(34-57)70-54/h6,8,12,14,20,23,30,32,38-42,44-55,57-60,62-68H,3-5,7,9-11,13,15-19,21-22,24-29,31,33-37H2,1-2H3,(H,56,61)/b8-6-,14-12-,23-20-,32-30+. The van der Waals surface area contributed by atoms with E-state index in [9.17, 15) is 61.0 Å². The average molecular weight is 1060 g/mol. The van der Waals surface area contributed by atoms with Crippen LogP contribution in [0.2, 0.25) is 0 Å². The van der Waals surface area contributed by atoms with E-state index in [1.54, 1.807) is 6.08 Å². The highest BCUT2D eigenvalue weighted by Crippen LogP contribution is 2.33. The van der Waals surface area contributed by atoms with Gasteiger partial charge in [0.1, 0.15) is 73.2 Å². The summed E-state index contributed by atoms with van der Waals surface area (Å²) < 4.78 is 34.1. The maximum Gasteiger partial charge on any atom is 0.220 e. The predicted octanol–water partition coefficient (Wildman–Crippen LogP) is 3.53. The molecule has 19 heteroatoms. The van der Waals surface area contributed by atoms with Crippen LogP contribution in [0.4, 0.5) is 0 Å². The van der Waals surface area contributed by atoms with Crippen LogP contribution < -0.4 is 5.32 Å². The Morgan fingerprint density at radius 1 is 0.500 bits per heavy atom. The van der Waals surface area contributed by atoms with Crippen molar-refractivity contribution in [1.29, 1.82) is 0 Å². The van der Waals surface area contributed by atoms with Crippen molar-refractivity contribution in [2.24, 2.45) is 0 Å². The number of ether oxygens (including phenoxy) is 6. The number of allylic oxidation sites excluding steroid dienone is 7. The fraction of sp³-hybridized carbons (Fsp3) is 0.836.